The highest BCUT2D eigenvalue weighted by atomic mass is 16.5. The molecular formula is C26H27N3O5. The number of aliphatic hydroxyl groups is 1. The number of hydrogen-bond acceptors (Lipinski definition) is 6. The largest absolute Gasteiger partial charge is 0.507 e. The number of imidazole rings is 1. The van der Waals surface area contributed by atoms with Crippen LogP contribution in [0.4, 0.5) is 0 Å². The molecule has 0 unspecified atom stereocenters. The van der Waals surface area contributed by atoms with Gasteiger partial charge in [-0.2, -0.15) is 0 Å². The number of likely N-dealkylation sites (tertiary alicyclic amines) is 1. The van der Waals surface area contributed by atoms with Gasteiger partial charge in [0.2, 0.25) is 0 Å². The molecule has 2 aromatic carbocycles. The van der Waals surface area contributed by atoms with Gasteiger partial charge in [0.05, 0.1) is 31.7 Å². The summed E-state index contributed by atoms with van der Waals surface area (Å²) < 4.78 is 13.0. The minimum absolute atomic E-state index is 0.0602. The average molecular weight is 462 g/mol. The van der Waals surface area contributed by atoms with E-state index in [0.29, 0.717) is 48.7 Å². The van der Waals surface area contributed by atoms with Crippen molar-refractivity contribution in [2.75, 3.05) is 20.3 Å². The zero-order valence-corrected chi connectivity index (χ0v) is 19.2. The van der Waals surface area contributed by atoms with Gasteiger partial charge in [0, 0.05) is 31.0 Å². The van der Waals surface area contributed by atoms with Gasteiger partial charge in [-0.05, 0) is 31.0 Å². The quantitative estimate of drug-likeness (QED) is 0.296. The van der Waals surface area contributed by atoms with E-state index >= 15 is 0 Å². The van der Waals surface area contributed by atoms with Gasteiger partial charge in [-0.25, -0.2) is 4.98 Å². The Labute approximate surface area is 198 Å². The van der Waals surface area contributed by atoms with Crippen molar-refractivity contribution < 1.29 is 24.2 Å². The molecule has 1 atom stereocenters. The molecular weight excluding hydrogens is 434 g/mol. The lowest BCUT2D eigenvalue weighted by Gasteiger charge is -2.26. The van der Waals surface area contributed by atoms with Gasteiger partial charge < -0.3 is 24.0 Å². The van der Waals surface area contributed by atoms with Crippen LogP contribution >= 0.6 is 0 Å². The fourth-order valence-corrected chi connectivity index (χ4v) is 4.18. The first-order chi connectivity index (χ1) is 16.5. The summed E-state index contributed by atoms with van der Waals surface area (Å²) in [5.74, 6) is -0.492. The minimum atomic E-state index is -0.757. The molecule has 1 saturated heterocycles. The number of carbonyl (C=O) groups is 2. The maximum Gasteiger partial charge on any atom is 0.295 e. The maximum atomic E-state index is 13.1. The standard InChI is InChI=1S/C26H27N3O5/c1-3-34-20-11-10-19(16-21(20)33-2)23-22(24(30)18-8-5-4-6-9-18)25(31)26(32)29(23)14-7-13-28-15-12-27-17-28/h4-6,8-12,15-17,23,30H,3,7,13-14H2,1-2H3/t23-/m1/s1. The van der Waals surface area contributed by atoms with Crippen LogP contribution in [0.25, 0.3) is 5.76 Å². The summed E-state index contributed by atoms with van der Waals surface area (Å²) in [5.41, 5.74) is 1.19. The van der Waals surface area contributed by atoms with Gasteiger partial charge in [0.1, 0.15) is 5.76 Å². The van der Waals surface area contributed by atoms with E-state index in [4.69, 9.17) is 9.47 Å². The summed E-state index contributed by atoms with van der Waals surface area (Å²) in [6, 6.07) is 13.3. The number of aromatic nitrogens is 2. The number of amides is 1. The van der Waals surface area contributed by atoms with Crippen LogP contribution in [0, 0.1) is 0 Å². The maximum absolute atomic E-state index is 13.1. The molecule has 0 aliphatic carbocycles. The zero-order valence-electron chi connectivity index (χ0n) is 19.2. The molecule has 1 aliphatic rings. The number of ketones is 1. The number of aryl methyl sites for hydroxylation is 1. The molecule has 4 rings (SSSR count). The normalized spacial score (nSPS) is 17.2. The van der Waals surface area contributed by atoms with Crippen LogP contribution in [0.5, 0.6) is 11.5 Å². The van der Waals surface area contributed by atoms with Crippen molar-refractivity contribution in [1.82, 2.24) is 14.5 Å². The molecule has 1 aromatic heterocycles. The molecule has 1 N–H and O–H groups in total. The Morgan fingerprint density at radius 1 is 1.09 bits per heavy atom. The molecule has 0 radical (unpaired) electrons. The van der Waals surface area contributed by atoms with E-state index < -0.39 is 17.7 Å². The molecule has 1 amide bonds. The predicted molar refractivity (Wildman–Crippen MR) is 126 cm³/mol. The lowest BCUT2D eigenvalue weighted by atomic mass is 9.95. The van der Waals surface area contributed by atoms with Gasteiger partial charge >= 0.3 is 0 Å². The number of methoxy groups -OCH3 is 1. The number of carbonyl (C=O) groups excluding carboxylic acids is 2. The van der Waals surface area contributed by atoms with Crippen molar-refractivity contribution in [3.63, 3.8) is 0 Å². The monoisotopic (exact) mass is 461 g/mol. The number of ether oxygens (including phenoxy) is 2. The number of Topliss-reactive ketones (excluding diaryl/α,β-unsaturated/α-hetero) is 1. The first-order valence-corrected chi connectivity index (χ1v) is 11.2. The minimum Gasteiger partial charge on any atom is -0.507 e. The molecule has 34 heavy (non-hydrogen) atoms. The first-order valence-electron chi connectivity index (χ1n) is 11.2. The van der Waals surface area contributed by atoms with Crippen molar-refractivity contribution in [2.24, 2.45) is 0 Å². The van der Waals surface area contributed by atoms with E-state index in [9.17, 15) is 14.7 Å². The number of hydrogen-bond donors (Lipinski definition) is 1. The van der Waals surface area contributed by atoms with Crippen LogP contribution < -0.4 is 9.47 Å². The van der Waals surface area contributed by atoms with Crippen LogP contribution in [-0.4, -0.2) is 51.5 Å². The van der Waals surface area contributed by atoms with Gasteiger partial charge in [-0.15, -0.1) is 0 Å². The predicted octanol–water partition coefficient (Wildman–Crippen LogP) is 3.80. The van der Waals surface area contributed by atoms with E-state index in [2.05, 4.69) is 4.98 Å². The van der Waals surface area contributed by atoms with E-state index in [1.807, 2.05) is 23.8 Å². The Morgan fingerprint density at radius 3 is 2.56 bits per heavy atom. The van der Waals surface area contributed by atoms with Crippen molar-refractivity contribution in [2.45, 2.75) is 25.9 Å². The van der Waals surface area contributed by atoms with Crippen molar-refractivity contribution in [1.29, 1.82) is 0 Å². The summed E-state index contributed by atoms with van der Waals surface area (Å²) >= 11 is 0. The van der Waals surface area contributed by atoms with E-state index in [-0.39, 0.29) is 11.3 Å². The number of nitrogens with zero attached hydrogens (tertiary/aromatic N) is 3. The van der Waals surface area contributed by atoms with Crippen LogP contribution in [0.1, 0.15) is 30.5 Å². The van der Waals surface area contributed by atoms with Gasteiger partial charge in [-0.3, -0.25) is 9.59 Å². The highest BCUT2D eigenvalue weighted by Gasteiger charge is 2.46. The first kappa shape index (κ1) is 23.1. The summed E-state index contributed by atoms with van der Waals surface area (Å²) in [6.45, 7) is 3.31. The molecule has 8 nitrogen and oxygen atoms in total. The Morgan fingerprint density at radius 2 is 1.88 bits per heavy atom. The molecule has 1 fully saturated rings. The van der Waals surface area contributed by atoms with Crippen LogP contribution in [0.15, 0.2) is 72.8 Å². The third kappa shape index (κ3) is 4.52. The third-order valence-corrected chi connectivity index (χ3v) is 5.76. The highest BCUT2D eigenvalue weighted by molar-refractivity contribution is 6.46. The fraction of sp³-hybridized carbons (Fsp3) is 0.269. The van der Waals surface area contributed by atoms with E-state index in [1.165, 1.54) is 12.0 Å². The second-order valence-electron chi connectivity index (χ2n) is 7.86. The molecule has 0 spiro atoms. The summed E-state index contributed by atoms with van der Waals surface area (Å²) in [7, 11) is 1.54. The fourth-order valence-electron chi connectivity index (χ4n) is 4.18. The molecule has 3 aromatic rings. The van der Waals surface area contributed by atoms with Crippen LogP contribution in [-0.2, 0) is 16.1 Å². The van der Waals surface area contributed by atoms with E-state index in [1.54, 1.807) is 55.0 Å². The Hall–Kier alpha value is -4.07. The van der Waals surface area contributed by atoms with Crippen molar-refractivity contribution >= 4 is 17.4 Å². The van der Waals surface area contributed by atoms with E-state index in [0.717, 1.165) is 0 Å². The second-order valence-corrected chi connectivity index (χ2v) is 7.86. The Balaban J connectivity index is 1.76. The molecule has 0 bridgehead atoms. The lowest BCUT2D eigenvalue weighted by Crippen LogP contribution is -2.31. The molecule has 1 aliphatic heterocycles. The summed E-state index contributed by atoms with van der Waals surface area (Å²) in [5, 5.41) is 11.1. The third-order valence-electron chi connectivity index (χ3n) is 5.76. The Bertz CT molecular complexity index is 1190. The second kappa shape index (κ2) is 10.2. The number of rotatable bonds is 9. The Kier molecular flexibility index (Phi) is 6.96. The van der Waals surface area contributed by atoms with Gasteiger partial charge in [0.15, 0.2) is 11.5 Å². The molecule has 2 heterocycles. The highest BCUT2D eigenvalue weighted by Crippen LogP contribution is 2.42. The molecule has 8 heteroatoms. The smallest absolute Gasteiger partial charge is 0.295 e. The van der Waals surface area contributed by atoms with Crippen LogP contribution in [0.3, 0.4) is 0 Å². The SMILES string of the molecule is CCOc1ccc([C@@H]2C(=C(O)c3ccccc3)C(=O)C(=O)N2CCCn2ccnc2)cc1OC. The summed E-state index contributed by atoms with van der Waals surface area (Å²) in [4.78, 5) is 31.8. The topological polar surface area (TPSA) is 93.9 Å². The molecule has 0 saturated carbocycles. The number of benzene rings is 2. The average Bonchev–Trinajstić information content (AvgIpc) is 3.47. The van der Waals surface area contributed by atoms with Crippen LogP contribution in [0.2, 0.25) is 0 Å². The van der Waals surface area contributed by atoms with Crippen molar-refractivity contribution in [3.05, 3.63) is 84.0 Å². The lowest BCUT2D eigenvalue weighted by molar-refractivity contribution is -0.139. The van der Waals surface area contributed by atoms with Crippen molar-refractivity contribution in [3.8, 4) is 11.5 Å². The molecule has 176 valence electrons. The van der Waals surface area contributed by atoms with Gasteiger partial charge in [0.25, 0.3) is 11.7 Å². The number of aliphatic hydroxyl groups excluding tert-OH is 1. The zero-order chi connectivity index (χ0) is 24.1. The summed E-state index contributed by atoms with van der Waals surface area (Å²) in [6.07, 6.45) is 5.86. The van der Waals surface area contributed by atoms with Gasteiger partial charge in [-0.1, -0.05) is 36.4 Å².